The van der Waals surface area contributed by atoms with Crippen LogP contribution < -0.4 is 14.8 Å². The molecule has 2 rings (SSSR count). The minimum Gasteiger partial charge on any atom is -0.497 e. The van der Waals surface area contributed by atoms with E-state index in [-0.39, 0.29) is 6.04 Å². The highest BCUT2D eigenvalue weighted by Crippen LogP contribution is 2.22. The van der Waals surface area contributed by atoms with E-state index in [1.165, 1.54) is 5.56 Å². The number of hydrogen-bond acceptors (Lipinski definition) is 4. The Morgan fingerprint density at radius 1 is 1.14 bits per heavy atom. The van der Waals surface area contributed by atoms with E-state index < -0.39 is 0 Å². The highest BCUT2D eigenvalue weighted by atomic mass is 16.5. The van der Waals surface area contributed by atoms with Gasteiger partial charge >= 0.3 is 0 Å². The zero-order valence-electron chi connectivity index (χ0n) is 12.8. The lowest BCUT2D eigenvalue weighted by Crippen LogP contribution is -2.19. The fraction of sp³-hybridized carbons (Fsp3) is 0.353. The number of methoxy groups -OCH3 is 1. The maximum atomic E-state index is 5.51. The summed E-state index contributed by atoms with van der Waals surface area (Å²) in [5.41, 5.74) is 2.37. The molecule has 1 heterocycles. The summed E-state index contributed by atoms with van der Waals surface area (Å²) >= 11 is 0. The second-order valence-electron chi connectivity index (χ2n) is 4.78. The molecule has 4 heteroatoms. The van der Waals surface area contributed by atoms with Gasteiger partial charge in [-0.05, 0) is 49.7 Å². The van der Waals surface area contributed by atoms with Gasteiger partial charge in [0.15, 0.2) is 0 Å². The highest BCUT2D eigenvalue weighted by Gasteiger charge is 2.11. The molecular formula is C17H22N2O2. The average Bonchev–Trinajstić information content (AvgIpc) is 2.54. The van der Waals surface area contributed by atoms with Gasteiger partial charge in [-0.3, -0.25) is 4.98 Å². The van der Waals surface area contributed by atoms with E-state index in [4.69, 9.17) is 9.47 Å². The van der Waals surface area contributed by atoms with E-state index in [0.717, 1.165) is 23.5 Å². The molecule has 0 radical (unpaired) electrons. The first-order chi connectivity index (χ1) is 10.3. The third-order valence-electron chi connectivity index (χ3n) is 3.40. The molecule has 2 aromatic rings. The summed E-state index contributed by atoms with van der Waals surface area (Å²) < 4.78 is 10.7. The molecule has 1 N–H and O–H groups in total. The Labute approximate surface area is 126 Å². The molecular weight excluding hydrogens is 264 g/mol. The minimum absolute atomic E-state index is 0.200. The lowest BCUT2D eigenvalue weighted by atomic mass is 10.00. The Bertz CT molecular complexity index is 555. The molecule has 0 aliphatic carbocycles. The summed E-state index contributed by atoms with van der Waals surface area (Å²) in [6, 6.07) is 10.4. The SMILES string of the molecule is CCOc1cncc(C(Cc2ccc(OC)cc2)NC)c1. The first-order valence-corrected chi connectivity index (χ1v) is 7.14. The van der Waals surface area contributed by atoms with Crippen molar-refractivity contribution in [3.8, 4) is 11.5 Å². The Balaban J connectivity index is 2.12. The van der Waals surface area contributed by atoms with E-state index in [0.29, 0.717) is 6.61 Å². The van der Waals surface area contributed by atoms with Gasteiger partial charge in [-0.1, -0.05) is 12.1 Å². The number of rotatable bonds is 7. The molecule has 21 heavy (non-hydrogen) atoms. The third kappa shape index (κ3) is 4.20. The van der Waals surface area contributed by atoms with Crippen LogP contribution in [0.5, 0.6) is 11.5 Å². The molecule has 0 aliphatic heterocycles. The smallest absolute Gasteiger partial charge is 0.137 e. The number of ether oxygens (including phenoxy) is 2. The summed E-state index contributed by atoms with van der Waals surface area (Å²) in [5.74, 6) is 1.68. The number of benzene rings is 1. The Kier molecular flexibility index (Phi) is 5.58. The summed E-state index contributed by atoms with van der Waals surface area (Å²) in [7, 11) is 3.64. The van der Waals surface area contributed by atoms with Crippen LogP contribution in [0.1, 0.15) is 24.1 Å². The van der Waals surface area contributed by atoms with Crippen LogP contribution in [-0.2, 0) is 6.42 Å². The van der Waals surface area contributed by atoms with Crippen molar-refractivity contribution in [1.29, 1.82) is 0 Å². The van der Waals surface area contributed by atoms with Crippen molar-refractivity contribution in [3.63, 3.8) is 0 Å². The van der Waals surface area contributed by atoms with Gasteiger partial charge in [-0.2, -0.15) is 0 Å². The number of hydrogen-bond donors (Lipinski definition) is 1. The topological polar surface area (TPSA) is 43.4 Å². The van der Waals surface area contributed by atoms with Crippen molar-refractivity contribution >= 4 is 0 Å². The number of nitrogens with zero attached hydrogens (tertiary/aromatic N) is 1. The Morgan fingerprint density at radius 2 is 1.90 bits per heavy atom. The van der Waals surface area contributed by atoms with Crippen LogP contribution in [0.3, 0.4) is 0 Å². The van der Waals surface area contributed by atoms with Gasteiger partial charge in [0.05, 0.1) is 19.9 Å². The second kappa shape index (κ2) is 7.64. The number of nitrogens with one attached hydrogen (secondary N) is 1. The maximum absolute atomic E-state index is 5.51. The zero-order chi connectivity index (χ0) is 15.1. The number of likely N-dealkylation sites (N-methyl/N-ethyl adjacent to an activating group) is 1. The molecule has 1 atom stereocenters. The van der Waals surface area contributed by atoms with Crippen LogP contribution >= 0.6 is 0 Å². The summed E-state index contributed by atoms with van der Waals surface area (Å²) in [6.45, 7) is 2.62. The van der Waals surface area contributed by atoms with Crippen LogP contribution in [-0.4, -0.2) is 25.7 Å². The predicted octanol–water partition coefficient (Wildman–Crippen LogP) is 2.99. The largest absolute Gasteiger partial charge is 0.497 e. The number of pyridine rings is 1. The normalized spacial score (nSPS) is 12.0. The van der Waals surface area contributed by atoms with Gasteiger partial charge in [0, 0.05) is 12.2 Å². The molecule has 0 saturated heterocycles. The Hall–Kier alpha value is -2.07. The molecule has 0 saturated carbocycles. The van der Waals surface area contributed by atoms with Gasteiger partial charge < -0.3 is 14.8 Å². The van der Waals surface area contributed by atoms with Crippen LogP contribution in [0.2, 0.25) is 0 Å². The zero-order valence-corrected chi connectivity index (χ0v) is 12.8. The first kappa shape index (κ1) is 15.3. The van der Waals surface area contributed by atoms with Gasteiger partial charge in [-0.15, -0.1) is 0 Å². The quantitative estimate of drug-likeness (QED) is 0.849. The van der Waals surface area contributed by atoms with Crippen molar-refractivity contribution in [3.05, 3.63) is 53.9 Å². The number of aromatic nitrogens is 1. The van der Waals surface area contributed by atoms with Gasteiger partial charge in [0.25, 0.3) is 0 Å². The van der Waals surface area contributed by atoms with Gasteiger partial charge in [0.1, 0.15) is 11.5 Å². The summed E-state index contributed by atoms with van der Waals surface area (Å²) in [5, 5.41) is 3.34. The molecule has 0 spiro atoms. The highest BCUT2D eigenvalue weighted by molar-refractivity contribution is 5.31. The molecule has 112 valence electrons. The molecule has 0 bridgehead atoms. The molecule has 1 unspecified atom stereocenters. The second-order valence-corrected chi connectivity index (χ2v) is 4.78. The van der Waals surface area contributed by atoms with E-state index in [1.807, 2.05) is 38.4 Å². The molecule has 0 fully saturated rings. The fourth-order valence-corrected chi connectivity index (χ4v) is 2.26. The van der Waals surface area contributed by atoms with Crippen molar-refractivity contribution in [2.45, 2.75) is 19.4 Å². The lowest BCUT2D eigenvalue weighted by molar-refractivity contribution is 0.338. The van der Waals surface area contributed by atoms with E-state index in [1.54, 1.807) is 13.3 Å². The van der Waals surface area contributed by atoms with Gasteiger partial charge in [0.2, 0.25) is 0 Å². The Morgan fingerprint density at radius 3 is 2.52 bits per heavy atom. The average molecular weight is 286 g/mol. The maximum Gasteiger partial charge on any atom is 0.137 e. The predicted molar refractivity (Wildman–Crippen MR) is 83.9 cm³/mol. The van der Waals surface area contributed by atoms with Crippen LogP contribution in [0.15, 0.2) is 42.7 Å². The van der Waals surface area contributed by atoms with E-state index in [9.17, 15) is 0 Å². The fourth-order valence-electron chi connectivity index (χ4n) is 2.26. The third-order valence-corrected chi connectivity index (χ3v) is 3.40. The summed E-state index contributed by atoms with van der Waals surface area (Å²) in [6.07, 6.45) is 4.51. The monoisotopic (exact) mass is 286 g/mol. The van der Waals surface area contributed by atoms with Crippen LogP contribution in [0.4, 0.5) is 0 Å². The summed E-state index contributed by atoms with van der Waals surface area (Å²) in [4.78, 5) is 4.26. The van der Waals surface area contributed by atoms with Crippen LogP contribution in [0.25, 0.3) is 0 Å². The lowest BCUT2D eigenvalue weighted by Gasteiger charge is -2.17. The van der Waals surface area contributed by atoms with Gasteiger partial charge in [-0.25, -0.2) is 0 Å². The minimum atomic E-state index is 0.200. The molecule has 1 aromatic carbocycles. The molecule has 4 nitrogen and oxygen atoms in total. The first-order valence-electron chi connectivity index (χ1n) is 7.14. The molecule has 1 aromatic heterocycles. The standard InChI is InChI=1S/C17H22N2O2/c1-4-21-16-10-14(11-19-12-16)17(18-2)9-13-5-7-15(20-3)8-6-13/h5-8,10-12,17-18H,4,9H2,1-3H3. The van der Waals surface area contributed by atoms with E-state index >= 15 is 0 Å². The molecule has 0 aliphatic rings. The molecule has 0 amide bonds. The van der Waals surface area contributed by atoms with Crippen LogP contribution in [0, 0.1) is 0 Å². The van der Waals surface area contributed by atoms with Crippen molar-refractivity contribution in [1.82, 2.24) is 10.3 Å². The van der Waals surface area contributed by atoms with Crippen molar-refractivity contribution < 1.29 is 9.47 Å². The van der Waals surface area contributed by atoms with Crippen molar-refractivity contribution in [2.75, 3.05) is 20.8 Å². The van der Waals surface area contributed by atoms with Crippen molar-refractivity contribution in [2.24, 2.45) is 0 Å². The van der Waals surface area contributed by atoms with E-state index in [2.05, 4.69) is 22.4 Å².